The van der Waals surface area contributed by atoms with E-state index < -0.39 is 0 Å². The third-order valence-electron chi connectivity index (χ3n) is 3.56. The lowest BCUT2D eigenvalue weighted by molar-refractivity contribution is 0.0714. The summed E-state index contributed by atoms with van der Waals surface area (Å²) < 4.78 is 0. The highest BCUT2D eigenvalue weighted by atomic mass is 16.3. The summed E-state index contributed by atoms with van der Waals surface area (Å²) in [5.41, 5.74) is 1.08. The van der Waals surface area contributed by atoms with Crippen LogP contribution in [0.1, 0.15) is 44.3 Å². The van der Waals surface area contributed by atoms with Crippen molar-refractivity contribution in [3.05, 3.63) is 35.9 Å². The van der Waals surface area contributed by atoms with Crippen molar-refractivity contribution in [2.24, 2.45) is 11.8 Å². The monoisotopic (exact) mass is 204 g/mol. The lowest BCUT2D eigenvalue weighted by Crippen LogP contribution is -2.20. The number of hydrogen-bond donors (Lipinski definition) is 1. The topological polar surface area (TPSA) is 20.2 Å². The van der Waals surface area contributed by atoms with E-state index in [4.69, 9.17) is 0 Å². The van der Waals surface area contributed by atoms with Gasteiger partial charge in [0.15, 0.2) is 0 Å². The summed E-state index contributed by atoms with van der Waals surface area (Å²) in [7, 11) is 0. The molecule has 1 saturated carbocycles. The van der Waals surface area contributed by atoms with Crippen molar-refractivity contribution >= 4 is 0 Å². The van der Waals surface area contributed by atoms with Crippen LogP contribution in [0.4, 0.5) is 0 Å². The molecule has 1 aliphatic rings. The second kappa shape index (κ2) is 4.80. The van der Waals surface area contributed by atoms with Crippen LogP contribution in [-0.4, -0.2) is 5.11 Å². The molecule has 0 radical (unpaired) electrons. The van der Waals surface area contributed by atoms with Crippen molar-refractivity contribution in [2.45, 2.75) is 38.7 Å². The molecule has 82 valence electrons. The zero-order valence-corrected chi connectivity index (χ0v) is 9.39. The molecule has 0 bridgehead atoms. The SMILES string of the molecule is CC1CCCC(C(O)c2ccccc2)C1. The van der Waals surface area contributed by atoms with E-state index in [1.807, 2.05) is 30.3 Å². The Bertz CT molecular complexity index is 293. The Hall–Kier alpha value is -0.820. The standard InChI is InChI=1S/C14H20O/c1-11-6-5-9-13(10-11)14(15)12-7-3-2-4-8-12/h2-4,7-8,11,13-15H,5-6,9-10H2,1H3. The van der Waals surface area contributed by atoms with E-state index in [1.54, 1.807) is 0 Å². The molecule has 0 amide bonds. The van der Waals surface area contributed by atoms with Crippen LogP contribution in [0.5, 0.6) is 0 Å². The molecule has 0 aliphatic heterocycles. The second-order valence-electron chi connectivity index (χ2n) is 4.89. The van der Waals surface area contributed by atoms with Crippen molar-refractivity contribution in [2.75, 3.05) is 0 Å². The molecule has 1 heteroatoms. The van der Waals surface area contributed by atoms with Gasteiger partial charge < -0.3 is 5.11 Å². The Kier molecular flexibility index (Phi) is 3.42. The van der Waals surface area contributed by atoms with Crippen molar-refractivity contribution in [1.82, 2.24) is 0 Å². The molecule has 0 spiro atoms. The van der Waals surface area contributed by atoms with E-state index in [1.165, 1.54) is 25.7 Å². The molecule has 1 aromatic carbocycles. The summed E-state index contributed by atoms with van der Waals surface area (Å²) in [6.45, 7) is 2.30. The van der Waals surface area contributed by atoms with Crippen LogP contribution >= 0.6 is 0 Å². The van der Waals surface area contributed by atoms with Gasteiger partial charge in [0.05, 0.1) is 6.10 Å². The molecule has 2 rings (SSSR count). The summed E-state index contributed by atoms with van der Waals surface area (Å²) in [6.07, 6.45) is 4.71. The Morgan fingerprint density at radius 2 is 1.93 bits per heavy atom. The van der Waals surface area contributed by atoms with Crippen LogP contribution in [0.15, 0.2) is 30.3 Å². The van der Waals surface area contributed by atoms with Crippen molar-refractivity contribution in [3.63, 3.8) is 0 Å². The summed E-state index contributed by atoms with van der Waals surface area (Å²) in [5, 5.41) is 10.3. The van der Waals surface area contributed by atoms with Gasteiger partial charge in [-0.2, -0.15) is 0 Å². The van der Waals surface area contributed by atoms with Gasteiger partial charge in [0.25, 0.3) is 0 Å². The van der Waals surface area contributed by atoms with Gasteiger partial charge in [-0.15, -0.1) is 0 Å². The summed E-state index contributed by atoms with van der Waals surface area (Å²) >= 11 is 0. The van der Waals surface area contributed by atoms with Crippen molar-refractivity contribution in [1.29, 1.82) is 0 Å². The van der Waals surface area contributed by atoms with E-state index in [9.17, 15) is 5.11 Å². The molecule has 1 N–H and O–H groups in total. The molecule has 15 heavy (non-hydrogen) atoms. The lowest BCUT2D eigenvalue weighted by atomic mass is 9.78. The normalized spacial score (nSPS) is 28.7. The van der Waals surface area contributed by atoms with Crippen LogP contribution in [0.25, 0.3) is 0 Å². The van der Waals surface area contributed by atoms with E-state index in [-0.39, 0.29) is 6.10 Å². The Morgan fingerprint density at radius 1 is 1.20 bits per heavy atom. The fraction of sp³-hybridized carbons (Fsp3) is 0.571. The molecule has 0 saturated heterocycles. The maximum Gasteiger partial charge on any atom is 0.0818 e. The minimum absolute atomic E-state index is 0.256. The van der Waals surface area contributed by atoms with Gasteiger partial charge in [0.1, 0.15) is 0 Å². The number of aliphatic hydroxyl groups is 1. The predicted molar refractivity (Wildman–Crippen MR) is 62.5 cm³/mol. The first-order chi connectivity index (χ1) is 7.27. The highest BCUT2D eigenvalue weighted by Crippen LogP contribution is 2.36. The zero-order chi connectivity index (χ0) is 10.7. The van der Waals surface area contributed by atoms with Gasteiger partial charge in [0, 0.05) is 0 Å². The highest BCUT2D eigenvalue weighted by molar-refractivity contribution is 5.18. The second-order valence-corrected chi connectivity index (χ2v) is 4.89. The van der Waals surface area contributed by atoms with E-state index in [0.29, 0.717) is 5.92 Å². The smallest absolute Gasteiger partial charge is 0.0818 e. The fourth-order valence-corrected chi connectivity index (χ4v) is 2.69. The summed E-state index contributed by atoms with van der Waals surface area (Å²) in [5.74, 6) is 1.25. The first-order valence-electron chi connectivity index (χ1n) is 6.00. The van der Waals surface area contributed by atoms with E-state index in [2.05, 4.69) is 6.92 Å². The van der Waals surface area contributed by atoms with Gasteiger partial charge in [-0.1, -0.05) is 50.1 Å². The van der Waals surface area contributed by atoms with Crippen molar-refractivity contribution < 1.29 is 5.11 Å². The maximum atomic E-state index is 10.3. The number of aliphatic hydroxyl groups excluding tert-OH is 1. The Labute approximate surface area is 92.1 Å². The van der Waals surface area contributed by atoms with Gasteiger partial charge in [-0.05, 0) is 30.2 Å². The van der Waals surface area contributed by atoms with Gasteiger partial charge in [-0.25, -0.2) is 0 Å². The van der Waals surface area contributed by atoms with Crippen molar-refractivity contribution in [3.8, 4) is 0 Å². The van der Waals surface area contributed by atoms with E-state index >= 15 is 0 Å². The van der Waals surface area contributed by atoms with Crippen LogP contribution in [0, 0.1) is 11.8 Å². The number of hydrogen-bond acceptors (Lipinski definition) is 1. The fourth-order valence-electron chi connectivity index (χ4n) is 2.69. The molecular weight excluding hydrogens is 184 g/mol. The molecule has 3 unspecified atom stereocenters. The largest absolute Gasteiger partial charge is 0.388 e. The quantitative estimate of drug-likeness (QED) is 0.781. The molecule has 1 aliphatic carbocycles. The van der Waals surface area contributed by atoms with Gasteiger partial charge in [-0.3, -0.25) is 0 Å². The molecule has 1 nitrogen and oxygen atoms in total. The van der Waals surface area contributed by atoms with Crippen LogP contribution < -0.4 is 0 Å². The summed E-state index contributed by atoms with van der Waals surface area (Å²) in [4.78, 5) is 0. The van der Waals surface area contributed by atoms with Crippen LogP contribution in [-0.2, 0) is 0 Å². The lowest BCUT2D eigenvalue weighted by Gasteiger charge is -2.30. The third-order valence-corrected chi connectivity index (χ3v) is 3.56. The third kappa shape index (κ3) is 2.60. The molecule has 1 aromatic rings. The Morgan fingerprint density at radius 3 is 2.60 bits per heavy atom. The average molecular weight is 204 g/mol. The van der Waals surface area contributed by atoms with Gasteiger partial charge in [0.2, 0.25) is 0 Å². The molecular formula is C14H20O. The average Bonchev–Trinajstić information content (AvgIpc) is 2.29. The molecule has 0 heterocycles. The Balaban J connectivity index is 2.04. The predicted octanol–water partition coefficient (Wildman–Crippen LogP) is 3.55. The molecule has 0 aromatic heterocycles. The molecule has 1 fully saturated rings. The molecule has 3 atom stereocenters. The first-order valence-corrected chi connectivity index (χ1v) is 6.00. The number of rotatable bonds is 2. The summed E-state index contributed by atoms with van der Waals surface area (Å²) in [6, 6.07) is 10.1. The van der Waals surface area contributed by atoms with Crippen LogP contribution in [0.3, 0.4) is 0 Å². The van der Waals surface area contributed by atoms with Gasteiger partial charge >= 0.3 is 0 Å². The minimum atomic E-state index is -0.256. The van der Waals surface area contributed by atoms with E-state index in [0.717, 1.165) is 11.5 Å². The minimum Gasteiger partial charge on any atom is -0.388 e. The van der Waals surface area contributed by atoms with Crippen LogP contribution in [0.2, 0.25) is 0 Å². The highest BCUT2D eigenvalue weighted by Gasteiger charge is 2.25. The maximum absolute atomic E-state index is 10.3. The number of benzene rings is 1. The zero-order valence-electron chi connectivity index (χ0n) is 9.39. The first kappa shape index (κ1) is 10.7.